The number of thiophene rings is 1. The first-order valence-corrected chi connectivity index (χ1v) is 9.04. The number of aromatic nitrogens is 3. The van der Waals surface area contributed by atoms with E-state index in [9.17, 15) is 0 Å². The molecule has 0 amide bonds. The van der Waals surface area contributed by atoms with E-state index in [0.717, 1.165) is 37.1 Å². The van der Waals surface area contributed by atoms with Crippen molar-refractivity contribution < 1.29 is 0 Å². The maximum Gasteiger partial charge on any atom is 0.191 e. The van der Waals surface area contributed by atoms with E-state index in [1.165, 1.54) is 17.7 Å². The van der Waals surface area contributed by atoms with Gasteiger partial charge in [-0.15, -0.1) is 45.5 Å². The van der Waals surface area contributed by atoms with Gasteiger partial charge in [0.1, 0.15) is 5.82 Å². The topological polar surface area (TPSA) is 67.1 Å². The Kier molecular flexibility index (Phi) is 7.47. The molecule has 0 spiro atoms. The van der Waals surface area contributed by atoms with E-state index in [0.29, 0.717) is 12.5 Å². The molecule has 0 aliphatic carbocycles. The zero-order valence-corrected chi connectivity index (χ0v) is 17.3. The van der Waals surface area contributed by atoms with E-state index >= 15 is 0 Å². The molecule has 3 heterocycles. The predicted octanol–water partition coefficient (Wildman–Crippen LogP) is 2.76. The first-order valence-electron chi connectivity index (χ1n) is 8.17. The van der Waals surface area contributed by atoms with Crippen LogP contribution in [0.15, 0.2) is 22.5 Å². The van der Waals surface area contributed by atoms with Crippen LogP contribution in [0.1, 0.15) is 42.2 Å². The molecular formula is C16H25IN6S. The van der Waals surface area contributed by atoms with Crippen LogP contribution in [-0.4, -0.2) is 34.3 Å². The standard InChI is InChI=1S/C16H24N6S.HI/c1-12(13-6-5-9-23-13)10-18-16(17-2)19-11-15-21-20-14-7-3-4-8-22(14)15;/h5-6,9,12H,3-4,7-8,10-11H2,1-2H3,(H2,17,18,19);1H. The number of nitrogens with one attached hydrogen (secondary N) is 2. The highest BCUT2D eigenvalue weighted by Crippen LogP contribution is 2.19. The fourth-order valence-electron chi connectivity index (χ4n) is 2.80. The third-order valence-electron chi connectivity index (χ3n) is 4.18. The third kappa shape index (κ3) is 4.69. The fourth-order valence-corrected chi connectivity index (χ4v) is 3.59. The van der Waals surface area contributed by atoms with Crippen molar-refractivity contribution in [1.29, 1.82) is 0 Å². The number of nitrogens with zero attached hydrogens (tertiary/aromatic N) is 4. The molecule has 2 aromatic rings. The summed E-state index contributed by atoms with van der Waals surface area (Å²) < 4.78 is 2.23. The van der Waals surface area contributed by atoms with Crippen LogP contribution in [0.2, 0.25) is 0 Å². The third-order valence-corrected chi connectivity index (χ3v) is 5.28. The van der Waals surface area contributed by atoms with Crippen LogP contribution in [0, 0.1) is 0 Å². The molecule has 132 valence electrons. The van der Waals surface area contributed by atoms with Crippen LogP contribution in [0.3, 0.4) is 0 Å². The smallest absolute Gasteiger partial charge is 0.191 e. The zero-order valence-electron chi connectivity index (χ0n) is 14.2. The Hall–Kier alpha value is -1.16. The van der Waals surface area contributed by atoms with E-state index in [-0.39, 0.29) is 24.0 Å². The molecule has 1 unspecified atom stereocenters. The Morgan fingerprint density at radius 1 is 1.38 bits per heavy atom. The minimum atomic E-state index is 0. The summed E-state index contributed by atoms with van der Waals surface area (Å²) in [5.74, 6) is 3.38. The van der Waals surface area contributed by atoms with Crippen molar-refractivity contribution in [3.05, 3.63) is 34.0 Å². The van der Waals surface area contributed by atoms with Gasteiger partial charge in [-0.05, 0) is 24.3 Å². The average Bonchev–Trinajstić information content (AvgIpc) is 3.25. The number of hydrogen-bond donors (Lipinski definition) is 2. The predicted molar refractivity (Wildman–Crippen MR) is 109 cm³/mol. The second-order valence-corrected chi connectivity index (χ2v) is 6.84. The van der Waals surface area contributed by atoms with E-state index in [1.54, 1.807) is 18.4 Å². The van der Waals surface area contributed by atoms with Gasteiger partial charge in [-0.1, -0.05) is 13.0 Å². The summed E-state index contributed by atoms with van der Waals surface area (Å²) in [6.07, 6.45) is 3.47. The van der Waals surface area contributed by atoms with Crippen molar-refractivity contribution in [1.82, 2.24) is 25.4 Å². The Labute approximate surface area is 164 Å². The molecule has 6 nitrogen and oxygen atoms in total. The van der Waals surface area contributed by atoms with Crippen LogP contribution in [-0.2, 0) is 19.5 Å². The number of rotatable bonds is 5. The molecule has 0 aromatic carbocycles. The van der Waals surface area contributed by atoms with Gasteiger partial charge in [0.25, 0.3) is 0 Å². The average molecular weight is 460 g/mol. The Bertz CT molecular complexity index is 652. The quantitative estimate of drug-likeness (QED) is 0.409. The molecule has 1 aliphatic rings. The molecule has 24 heavy (non-hydrogen) atoms. The molecule has 0 fully saturated rings. The molecule has 1 aliphatic heterocycles. The van der Waals surface area contributed by atoms with Gasteiger partial charge in [-0.3, -0.25) is 4.99 Å². The minimum absolute atomic E-state index is 0. The van der Waals surface area contributed by atoms with E-state index < -0.39 is 0 Å². The highest BCUT2D eigenvalue weighted by molar-refractivity contribution is 14.0. The normalized spacial score (nSPS) is 15.3. The van der Waals surface area contributed by atoms with Crippen molar-refractivity contribution in [2.24, 2.45) is 4.99 Å². The van der Waals surface area contributed by atoms with Gasteiger partial charge < -0.3 is 15.2 Å². The van der Waals surface area contributed by atoms with Gasteiger partial charge >= 0.3 is 0 Å². The molecule has 1 atom stereocenters. The van der Waals surface area contributed by atoms with Gasteiger partial charge in [0.15, 0.2) is 11.8 Å². The van der Waals surface area contributed by atoms with Crippen molar-refractivity contribution in [3.63, 3.8) is 0 Å². The maximum atomic E-state index is 4.31. The zero-order chi connectivity index (χ0) is 16.1. The lowest BCUT2D eigenvalue weighted by molar-refractivity contribution is 0.504. The maximum absolute atomic E-state index is 4.31. The lowest BCUT2D eigenvalue weighted by atomic mass is 10.1. The molecular weight excluding hydrogens is 435 g/mol. The molecule has 8 heteroatoms. The van der Waals surface area contributed by atoms with Gasteiger partial charge in [-0.25, -0.2) is 0 Å². The lowest BCUT2D eigenvalue weighted by Gasteiger charge is -2.17. The Balaban J connectivity index is 0.00000208. The summed E-state index contributed by atoms with van der Waals surface area (Å²) in [5, 5.41) is 17.4. The summed E-state index contributed by atoms with van der Waals surface area (Å²) in [6, 6.07) is 4.27. The van der Waals surface area contributed by atoms with Crippen LogP contribution in [0.25, 0.3) is 0 Å². The SMILES string of the molecule is CN=C(NCc1nnc2n1CCCC2)NCC(C)c1cccs1.I. The van der Waals surface area contributed by atoms with Crippen molar-refractivity contribution >= 4 is 41.3 Å². The summed E-state index contributed by atoms with van der Waals surface area (Å²) in [7, 11) is 1.80. The molecule has 0 saturated heterocycles. The molecule has 2 aromatic heterocycles. The molecule has 0 bridgehead atoms. The first kappa shape index (κ1) is 19.2. The Morgan fingerprint density at radius 3 is 3.00 bits per heavy atom. The monoisotopic (exact) mass is 460 g/mol. The molecule has 0 radical (unpaired) electrons. The van der Waals surface area contributed by atoms with E-state index in [4.69, 9.17) is 0 Å². The first-order chi connectivity index (χ1) is 11.3. The molecule has 2 N–H and O–H groups in total. The van der Waals surface area contributed by atoms with Crippen molar-refractivity contribution in [2.45, 2.75) is 45.2 Å². The van der Waals surface area contributed by atoms with Gasteiger partial charge in [-0.2, -0.15) is 0 Å². The highest BCUT2D eigenvalue weighted by Gasteiger charge is 2.15. The summed E-state index contributed by atoms with van der Waals surface area (Å²) in [5.41, 5.74) is 0. The van der Waals surface area contributed by atoms with Crippen LogP contribution >= 0.6 is 35.3 Å². The van der Waals surface area contributed by atoms with E-state index in [1.807, 2.05) is 0 Å². The largest absolute Gasteiger partial charge is 0.356 e. The fraction of sp³-hybridized carbons (Fsp3) is 0.562. The number of hydrogen-bond acceptors (Lipinski definition) is 4. The summed E-state index contributed by atoms with van der Waals surface area (Å²) in [6.45, 7) is 4.76. The Morgan fingerprint density at radius 2 is 2.25 bits per heavy atom. The van der Waals surface area contributed by atoms with Gasteiger partial charge in [0.2, 0.25) is 0 Å². The second kappa shape index (κ2) is 9.36. The molecule has 3 rings (SSSR count). The van der Waals surface area contributed by atoms with Crippen LogP contribution in [0.5, 0.6) is 0 Å². The van der Waals surface area contributed by atoms with E-state index in [2.05, 4.69) is 54.8 Å². The number of aliphatic imine (C=N–C) groups is 1. The number of halogens is 1. The number of aryl methyl sites for hydroxylation is 1. The van der Waals surface area contributed by atoms with Gasteiger partial charge in [0.05, 0.1) is 6.54 Å². The summed E-state index contributed by atoms with van der Waals surface area (Å²) in [4.78, 5) is 5.68. The summed E-state index contributed by atoms with van der Waals surface area (Å²) >= 11 is 1.80. The van der Waals surface area contributed by atoms with Crippen LogP contribution in [0.4, 0.5) is 0 Å². The lowest BCUT2D eigenvalue weighted by Crippen LogP contribution is -2.39. The second-order valence-electron chi connectivity index (χ2n) is 5.86. The minimum Gasteiger partial charge on any atom is -0.356 e. The highest BCUT2D eigenvalue weighted by atomic mass is 127. The van der Waals surface area contributed by atoms with Crippen LogP contribution < -0.4 is 10.6 Å². The number of fused-ring (bicyclic) bond motifs is 1. The van der Waals surface area contributed by atoms with Crippen molar-refractivity contribution in [2.75, 3.05) is 13.6 Å². The van der Waals surface area contributed by atoms with Crippen molar-refractivity contribution in [3.8, 4) is 0 Å². The van der Waals surface area contributed by atoms with Gasteiger partial charge in [0, 0.05) is 37.4 Å². The molecule has 0 saturated carbocycles. The number of guanidine groups is 1.